The molecule has 0 saturated heterocycles. The van der Waals surface area contributed by atoms with Crippen LogP contribution in [-0.2, 0) is 0 Å². The van der Waals surface area contributed by atoms with E-state index in [9.17, 15) is 0 Å². The number of nitrogens with zero attached hydrogens (tertiary/aromatic N) is 1. The van der Waals surface area contributed by atoms with Gasteiger partial charge in [0.2, 0.25) is 0 Å². The number of hydrogen-bond donors (Lipinski definition) is 2. The van der Waals surface area contributed by atoms with Crippen LogP contribution in [0.15, 0.2) is 29.2 Å². The zero-order valence-electron chi connectivity index (χ0n) is 7.04. The molecule has 0 aliphatic carbocycles. The van der Waals surface area contributed by atoms with Crippen molar-refractivity contribution >= 4 is 6.21 Å². The summed E-state index contributed by atoms with van der Waals surface area (Å²) in [4.78, 5) is 4.00. The third-order valence-corrected chi connectivity index (χ3v) is 1.24. The zero-order valence-corrected chi connectivity index (χ0v) is 7.04. The molecule has 11 heavy (non-hydrogen) atoms. The topological polar surface area (TPSA) is 64.4 Å². The molecule has 0 radical (unpaired) electrons. The zero-order chi connectivity index (χ0) is 8.85. The molecule has 0 aromatic carbocycles. The lowest BCUT2D eigenvalue weighted by molar-refractivity contribution is 0.763. The van der Waals surface area contributed by atoms with Crippen LogP contribution in [0.25, 0.3) is 0 Å². The van der Waals surface area contributed by atoms with Crippen molar-refractivity contribution in [1.82, 2.24) is 0 Å². The van der Waals surface area contributed by atoms with Gasteiger partial charge < -0.3 is 11.5 Å². The lowest BCUT2D eigenvalue weighted by Gasteiger charge is -2.01. The van der Waals surface area contributed by atoms with Crippen molar-refractivity contribution in [3.05, 3.63) is 24.2 Å². The Labute approximate surface area is 67.5 Å². The highest BCUT2D eigenvalue weighted by atomic mass is 14.8. The summed E-state index contributed by atoms with van der Waals surface area (Å²) in [5, 5.41) is 0. The Morgan fingerprint density at radius 1 is 1.55 bits per heavy atom. The minimum Gasteiger partial charge on any atom is -0.403 e. The normalized spacial score (nSPS) is 12.8. The Kier molecular flexibility index (Phi) is 4.03. The summed E-state index contributed by atoms with van der Waals surface area (Å²) < 4.78 is 0. The van der Waals surface area contributed by atoms with E-state index in [1.807, 2.05) is 13.8 Å². The summed E-state index contributed by atoms with van der Waals surface area (Å²) in [6.45, 7) is 7.77. The molecule has 0 bridgehead atoms. The van der Waals surface area contributed by atoms with Gasteiger partial charge in [0, 0.05) is 11.9 Å². The van der Waals surface area contributed by atoms with Crippen LogP contribution in [0.2, 0.25) is 0 Å². The van der Waals surface area contributed by atoms with Crippen LogP contribution in [0.3, 0.4) is 0 Å². The number of nitrogens with two attached hydrogens (primary N) is 2. The second-order valence-corrected chi connectivity index (χ2v) is 2.57. The summed E-state index contributed by atoms with van der Waals surface area (Å²) in [5.41, 5.74) is 11.7. The fourth-order valence-electron chi connectivity index (χ4n) is 0.350. The summed E-state index contributed by atoms with van der Waals surface area (Å²) >= 11 is 0. The van der Waals surface area contributed by atoms with Gasteiger partial charge in [-0.15, -0.1) is 0 Å². The third-order valence-electron chi connectivity index (χ3n) is 1.24. The molecule has 3 nitrogen and oxygen atoms in total. The van der Waals surface area contributed by atoms with Gasteiger partial charge in [0.25, 0.3) is 0 Å². The predicted molar refractivity (Wildman–Crippen MR) is 48.9 cm³/mol. The van der Waals surface area contributed by atoms with Gasteiger partial charge in [-0.3, -0.25) is 4.99 Å². The van der Waals surface area contributed by atoms with Crippen LogP contribution >= 0.6 is 0 Å². The number of rotatable bonds is 3. The molecule has 0 fully saturated rings. The molecule has 0 rings (SSSR count). The fraction of sp³-hybridized carbons (Fsp3) is 0.375. The van der Waals surface area contributed by atoms with Crippen LogP contribution in [-0.4, -0.2) is 6.21 Å². The van der Waals surface area contributed by atoms with E-state index in [2.05, 4.69) is 11.6 Å². The summed E-state index contributed by atoms with van der Waals surface area (Å²) in [7, 11) is 0. The number of hydrogen-bond acceptors (Lipinski definition) is 3. The fourth-order valence-corrected chi connectivity index (χ4v) is 0.350. The minimum atomic E-state index is 0.344. The van der Waals surface area contributed by atoms with Gasteiger partial charge in [0.05, 0.1) is 11.9 Å². The maximum Gasteiger partial charge on any atom is 0.0657 e. The van der Waals surface area contributed by atoms with E-state index >= 15 is 0 Å². The van der Waals surface area contributed by atoms with Crippen molar-refractivity contribution in [1.29, 1.82) is 0 Å². The summed E-state index contributed by atoms with van der Waals surface area (Å²) in [6, 6.07) is 0. The smallest absolute Gasteiger partial charge is 0.0657 e. The van der Waals surface area contributed by atoms with Gasteiger partial charge in [-0.25, -0.2) is 0 Å². The highest BCUT2D eigenvalue weighted by Crippen LogP contribution is 2.06. The van der Waals surface area contributed by atoms with E-state index in [-0.39, 0.29) is 0 Å². The van der Waals surface area contributed by atoms with Gasteiger partial charge in [-0.1, -0.05) is 20.4 Å². The molecule has 0 aromatic heterocycles. The van der Waals surface area contributed by atoms with E-state index in [0.29, 0.717) is 11.6 Å². The molecular formula is C8H15N3. The van der Waals surface area contributed by atoms with E-state index in [1.165, 1.54) is 12.4 Å². The van der Waals surface area contributed by atoms with Crippen molar-refractivity contribution < 1.29 is 0 Å². The Hall–Kier alpha value is -1.25. The van der Waals surface area contributed by atoms with Gasteiger partial charge in [0.1, 0.15) is 0 Å². The predicted octanol–water partition coefficient (Wildman–Crippen LogP) is 0.986. The number of aliphatic imine (C=N–C) groups is 1. The average molecular weight is 153 g/mol. The van der Waals surface area contributed by atoms with E-state index < -0.39 is 0 Å². The first kappa shape index (κ1) is 9.75. The molecule has 0 spiro atoms. The van der Waals surface area contributed by atoms with Gasteiger partial charge in [-0.05, 0) is 5.92 Å². The first-order valence-electron chi connectivity index (χ1n) is 3.48. The monoisotopic (exact) mass is 153 g/mol. The number of allylic oxidation sites excluding steroid dienone is 2. The molecule has 3 heteroatoms. The molecule has 0 aliphatic rings. The van der Waals surface area contributed by atoms with Crippen molar-refractivity contribution in [2.24, 2.45) is 22.4 Å². The molecule has 4 N–H and O–H groups in total. The van der Waals surface area contributed by atoms with Crippen LogP contribution in [0, 0.1) is 5.92 Å². The Morgan fingerprint density at radius 3 is 2.45 bits per heavy atom. The molecule has 62 valence electrons. The third kappa shape index (κ3) is 4.19. The second-order valence-electron chi connectivity index (χ2n) is 2.57. The molecule has 0 amide bonds. The highest BCUT2D eigenvalue weighted by Gasteiger charge is 1.94. The van der Waals surface area contributed by atoms with Gasteiger partial charge in [0.15, 0.2) is 0 Å². The van der Waals surface area contributed by atoms with Crippen LogP contribution in [0.5, 0.6) is 0 Å². The highest BCUT2D eigenvalue weighted by molar-refractivity contribution is 5.77. The first-order chi connectivity index (χ1) is 5.07. The van der Waals surface area contributed by atoms with E-state index in [4.69, 9.17) is 11.5 Å². The molecule has 0 atom stereocenters. The quantitative estimate of drug-likeness (QED) is 0.594. The maximum absolute atomic E-state index is 5.37. The molecular weight excluding hydrogens is 138 g/mol. The van der Waals surface area contributed by atoms with Crippen LogP contribution < -0.4 is 11.5 Å². The standard InChI is InChI=1S/C8H15N3/c1-6(2)7(3)11-5-8(10)4-9/h4-6H,3,9-10H2,1-2H3/b8-4+,11-5-. The Balaban J connectivity index is 4.04. The van der Waals surface area contributed by atoms with Crippen molar-refractivity contribution in [2.75, 3.05) is 0 Å². The lowest BCUT2D eigenvalue weighted by Crippen LogP contribution is -2.02. The molecule has 0 heterocycles. The van der Waals surface area contributed by atoms with Crippen LogP contribution in [0.4, 0.5) is 0 Å². The van der Waals surface area contributed by atoms with E-state index in [1.54, 1.807) is 0 Å². The molecule has 0 saturated carbocycles. The van der Waals surface area contributed by atoms with Crippen LogP contribution in [0.1, 0.15) is 13.8 Å². The van der Waals surface area contributed by atoms with E-state index in [0.717, 1.165) is 5.70 Å². The minimum absolute atomic E-state index is 0.344. The van der Waals surface area contributed by atoms with Gasteiger partial charge in [-0.2, -0.15) is 0 Å². The molecule has 0 aliphatic heterocycles. The molecule has 0 aromatic rings. The van der Waals surface area contributed by atoms with Crippen molar-refractivity contribution in [2.45, 2.75) is 13.8 Å². The Bertz CT molecular complexity index is 190. The second kappa shape index (κ2) is 4.55. The molecule has 0 unspecified atom stereocenters. The maximum atomic E-state index is 5.37. The Morgan fingerprint density at radius 2 is 2.09 bits per heavy atom. The summed E-state index contributed by atoms with van der Waals surface area (Å²) in [5.74, 6) is 0.344. The summed E-state index contributed by atoms with van der Waals surface area (Å²) in [6.07, 6.45) is 2.80. The average Bonchev–Trinajstić information content (AvgIpc) is 1.99. The SMILES string of the molecule is C=C(/N=C\C(N)=C/N)C(C)C. The van der Waals surface area contributed by atoms with Gasteiger partial charge >= 0.3 is 0 Å². The lowest BCUT2D eigenvalue weighted by atomic mass is 10.2. The largest absolute Gasteiger partial charge is 0.403 e. The van der Waals surface area contributed by atoms with Crippen molar-refractivity contribution in [3.8, 4) is 0 Å². The first-order valence-corrected chi connectivity index (χ1v) is 3.48. The van der Waals surface area contributed by atoms with Crippen molar-refractivity contribution in [3.63, 3.8) is 0 Å².